The molecule has 2 aromatic carbocycles. The molecule has 7 nitrogen and oxygen atoms in total. The van der Waals surface area contributed by atoms with Gasteiger partial charge in [0.05, 0.1) is 11.0 Å². The lowest BCUT2D eigenvalue weighted by molar-refractivity contribution is 0.0969. The van der Waals surface area contributed by atoms with Gasteiger partial charge in [0.2, 0.25) is 5.95 Å². The van der Waals surface area contributed by atoms with Gasteiger partial charge in [-0.1, -0.05) is 0 Å². The molecule has 8 heteroatoms. The molecule has 4 aromatic rings. The molecule has 2 heterocycles. The van der Waals surface area contributed by atoms with E-state index in [4.69, 9.17) is 9.47 Å². The lowest BCUT2D eigenvalue weighted by Gasteiger charge is -2.07. The van der Waals surface area contributed by atoms with Crippen molar-refractivity contribution in [3.8, 4) is 11.5 Å². The maximum atomic E-state index is 13.2. The number of nitrogens with zero attached hydrogens (tertiary/aromatic N) is 3. The second kappa shape index (κ2) is 10.2. The zero-order chi connectivity index (χ0) is 23.2. The van der Waals surface area contributed by atoms with E-state index < -0.39 is 0 Å². The van der Waals surface area contributed by atoms with Crippen LogP contribution < -0.4 is 10.1 Å². The minimum atomic E-state index is -0.292. The van der Waals surface area contributed by atoms with E-state index in [9.17, 15) is 9.18 Å². The summed E-state index contributed by atoms with van der Waals surface area (Å²) >= 11 is 0. The Morgan fingerprint density at radius 1 is 1.06 bits per heavy atom. The molecule has 0 saturated heterocycles. The Labute approximate surface area is 191 Å². The second-order valence-electron chi connectivity index (χ2n) is 7.63. The smallest absolute Gasteiger partial charge is 0.208 e. The van der Waals surface area contributed by atoms with Crippen LogP contribution >= 0.6 is 0 Å². The summed E-state index contributed by atoms with van der Waals surface area (Å²) in [4.78, 5) is 21.2. The number of imidazole rings is 1. The number of aryl methyl sites for hydroxylation is 1. The lowest BCUT2D eigenvalue weighted by Crippen LogP contribution is -2.03. The van der Waals surface area contributed by atoms with E-state index in [0.29, 0.717) is 36.2 Å². The molecule has 2 aromatic heterocycles. The highest BCUT2D eigenvalue weighted by molar-refractivity contribution is 5.94. The fourth-order valence-corrected chi connectivity index (χ4v) is 3.44. The number of rotatable bonds is 10. The number of Topliss-reactive ketones (excluding diaryl/α,β-unsaturated/α-hetero) is 1. The highest BCUT2D eigenvalue weighted by Gasteiger charge is 2.12. The predicted molar refractivity (Wildman–Crippen MR) is 125 cm³/mol. The number of fused-ring (bicyclic) bond motifs is 1. The third kappa shape index (κ3) is 5.53. The summed E-state index contributed by atoms with van der Waals surface area (Å²) in [5, 5.41) is 3.19. The minimum Gasteiger partial charge on any atom is -0.457 e. The van der Waals surface area contributed by atoms with E-state index in [1.54, 1.807) is 37.6 Å². The molecule has 0 fully saturated rings. The van der Waals surface area contributed by atoms with Crippen LogP contribution in [0.15, 0.2) is 60.8 Å². The van der Waals surface area contributed by atoms with Crippen molar-refractivity contribution in [1.82, 2.24) is 14.5 Å². The number of ketones is 1. The van der Waals surface area contributed by atoms with Gasteiger partial charge in [-0.2, -0.15) is 0 Å². The van der Waals surface area contributed by atoms with Crippen molar-refractivity contribution in [3.05, 3.63) is 72.3 Å². The van der Waals surface area contributed by atoms with Crippen molar-refractivity contribution in [2.75, 3.05) is 19.0 Å². The number of aromatic nitrogens is 3. The Balaban J connectivity index is 1.48. The number of halogens is 1. The summed E-state index contributed by atoms with van der Waals surface area (Å²) in [5.74, 6) is 1.44. The number of carbonyl (C=O) groups is 1. The van der Waals surface area contributed by atoms with Crippen LogP contribution in [0, 0.1) is 5.82 Å². The summed E-state index contributed by atoms with van der Waals surface area (Å²) in [6.07, 6.45) is 3.58. The fourth-order valence-electron chi connectivity index (χ4n) is 3.44. The quantitative estimate of drug-likeness (QED) is 0.250. The van der Waals surface area contributed by atoms with Gasteiger partial charge in [-0.05, 0) is 55.3 Å². The molecule has 0 atom stereocenters. The number of unbranched alkanes of at least 4 members (excludes halogenated alkanes) is 1. The van der Waals surface area contributed by atoms with Gasteiger partial charge in [0.1, 0.15) is 23.0 Å². The summed E-state index contributed by atoms with van der Waals surface area (Å²) in [5.41, 5.74) is 2.77. The number of pyridine rings is 1. The Morgan fingerprint density at radius 3 is 2.64 bits per heavy atom. The van der Waals surface area contributed by atoms with Crippen LogP contribution in [0.4, 0.5) is 16.0 Å². The molecule has 0 bridgehead atoms. The highest BCUT2D eigenvalue weighted by Crippen LogP contribution is 2.28. The van der Waals surface area contributed by atoms with E-state index >= 15 is 0 Å². The van der Waals surface area contributed by atoms with Gasteiger partial charge in [0, 0.05) is 51.2 Å². The van der Waals surface area contributed by atoms with Gasteiger partial charge in [0.25, 0.3) is 0 Å². The van der Waals surface area contributed by atoms with Crippen molar-refractivity contribution in [3.63, 3.8) is 0 Å². The van der Waals surface area contributed by atoms with E-state index in [1.165, 1.54) is 12.1 Å². The standard InChI is InChI=1S/C25H25FN4O3/c1-30-23-11-10-19(15-21(23)29-25(30)28-18-8-6-17(26)7-9-18)33-20-12-13-27-22(16-20)24(31)5-3-4-14-32-2/h6-13,15-16H,3-5,14H2,1-2H3,(H,28,29). The van der Waals surface area contributed by atoms with Crippen LogP contribution in [0.3, 0.4) is 0 Å². The molecule has 170 valence electrons. The molecule has 1 N–H and O–H groups in total. The van der Waals surface area contributed by atoms with Gasteiger partial charge in [-0.15, -0.1) is 0 Å². The van der Waals surface area contributed by atoms with Crippen LogP contribution in [-0.4, -0.2) is 34.0 Å². The predicted octanol–water partition coefficient (Wildman–Crippen LogP) is 5.64. The Morgan fingerprint density at radius 2 is 1.85 bits per heavy atom. The first-order valence-corrected chi connectivity index (χ1v) is 10.7. The topological polar surface area (TPSA) is 78.3 Å². The first-order valence-electron chi connectivity index (χ1n) is 10.7. The van der Waals surface area contributed by atoms with Gasteiger partial charge in [-0.3, -0.25) is 9.78 Å². The molecule has 0 aliphatic carbocycles. The van der Waals surface area contributed by atoms with Crippen molar-refractivity contribution in [1.29, 1.82) is 0 Å². The molecule has 33 heavy (non-hydrogen) atoms. The molecule has 0 spiro atoms. The molecule has 4 rings (SSSR count). The number of methoxy groups -OCH3 is 1. The third-order valence-corrected chi connectivity index (χ3v) is 5.21. The highest BCUT2D eigenvalue weighted by atomic mass is 19.1. The van der Waals surface area contributed by atoms with E-state index in [2.05, 4.69) is 15.3 Å². The molecule has 0 radical (unpaired) electrons. The first-order chi connectivity index (χ1) is 16.0. The molecular weight excluding hydrogens is 423 g/mol. The Kier molecular flexibility index (Phi) is 6.95. The normalized spacial score (nSPS) is 11.0. The number of hydrogen-bond acceptors (Lipinski definition) is 6. The maximum absolute atomic E-state index is 13.2. The fraction of sp³-hybridized carbons (Fsp3) is 0.240. The number of hydrogen-bond donors (Lipinski definition) is 1. The van der Waals surface area contributed by atoms with Crippen molar-refractivity contribution in [2.24, 2.45) is 7.05 Å². The van der Waals surface area contributed by atoms with E-state index in [0.717, 1.165) is 29.6 Å². The maximum Gasteiger partial charge on any atom is 0.208 e. The number of benzene rings is 2. The van der Waals surface area contributed by atoms with Crippen LogP contribution in [-0.2, 0) is 11.8 Å². The van der Waals surface area contributed by atoms with Crippen molar-refractivity contribution < 1.29 is 18.7 Å². The molecule has 0 amide bonds. The molecule has 0 aliphatic heterocycles. The van der Waals surface area contributed by atoms with Gasteiger partial charge in [-0.25, -0.2) is 9.37 Å². The van der Waals surface area contributed by atoms with Crippen LogP contribution in [0.5, 0.6) is 11.5 Å². The SMILES string of the molecule is COCCCCC(=O)c1cc(Oc2ccc3c(c2)nc(Nc2ccc(F)cc2)n3C)ccn1. The minimum absolute atomic E-state index is 0.0201. The largest absolute Gasteiger partial charge is 0.457 e. The van der Waals surface area contributed by atoms with E-state index in [1.807, 2.05) is 29.8 Å². The Hall–Kier alpha value is -3.78. The second-order valence-corrected chi connectivity index (χ2v) is 7.63. The molecule has 0 aliphatic rings. The van der Waals surface area contributed by atoms with Gasteiger partial charge in [0.15, 0.2) is 5.78 Å². The average Bonchev–Trinajstić information content (AvgIpc) is 3.12. The van der Waals surface area contributed by atoms with Crippen LogP contribution in [0.2, 0.25) is 0 Å². The molecule has 0 saturated carbocycles. The first kappa shape index (κ1) is 22.4. The number of carbonyl (C=O) groups excluding carboxylic acids is 1. The zero-order valence-corrected chi connectivity index (χ0v) is 18.5. The third-order valence-electron chi connectivity index (χ3n) is 5.21. The summed E-state index contributed by atoms with van der Waals surface area (Å²) in [6, 6.07) is 15.1. The number of anilines is 2. The van der Waals surface area contributed by atoms with Gasteiger partial charge >= 0.3 is 0 Å². The summed E-state index contributed by atoms with van der Waals surface area (Å²) < 4.78 is 26.1. The molecular formula is C25H25FN4O3. The van der Waals surface area contributed by atoms with E-state index in [-0.39, 0.29) is 11.6 Å². The van der Waals surface area contributed by atoms with Crippen molar-refractivity contribution >= 4 is 28.5 Å². The monoisotopic (exact) mass is 448 g/mol. The summed E-state index contributed by atoms with van der Waals surface area (Å²) in [6.45, 7) is 0.640. The van der Waals surface area contributed by atoms with Crippen LogP contribution in [0.25, 0.3) is 11.0 Å². The number of ether oxygens (including phenoxy) is 2. The van der Waals surface area contributed by atoms with Gasteiger partial charge < -0.3 is 19.4 Å². The lowest BCUT2D eigenvalue weighted by atomic mass is 10.1. The number of nitrogens with one attached hydrogen (secondary N) is 1. The summed E-state index contributed by atoms with van der Waals surface area (Å²) in [7, 11) is 3.55. The van der Waals surface area contributed by atoms with Crippen LogP contribution in [0.1, 0.15) is 29.8 Å². The molecule has 0 unspecified atom stereocenters. The Bertz CT molecular complexity index is 1250. The van der Waals surface area contributed by atoms with Crippen molar-refractivity contribution in [2.45, 2.75) is 19.3 Å². The zero-order valence-electron chi connectivity index (χ0n) is 18.5. The average molecular weight is 448 g/mol.